The zero-order chi connectivity index (χ0) is 16.9. The van der Waals surface area contributed by atoms with Crippen LogP contribution in [0.5, 0.6) is 0 Å². The fourth-order valence-electron chi connectivity index (χ4n) is 2.86. The van der Waals surface area contributed by atoms with Crippen molar-refractivity contribution in [3.8, 4) is 0 Å². The van der Waals surface area contributed by atoms with Gasteiger partial charge in [0.2, 0.25) is 5.91 Å². The molecule has 0 aromatic heterocycles. The lowest BCUT2D eigenvalue weighted by Gasteiger charge is -2.27. The van der Waals surface area contributed by atoms with E-state index in [2.05, 4.69) is 6.92 Å². The minimum absolute atomic E-state index is 0.0953. The number of unbranched alkanes of at least 4 members (excludes halogenated alkanes) is 1. The highest BCUT2D eigenvalue weighted by Crippen LogP contribution is 2.19. The molecule has 1 aromatic rings. The van der Waals surface area contributed by atoms with Crippen molar-refractivity contribution in [2.45, 2.75) is 39.2 Å². The van der Waals surface area contributed by atoms with E-state index < -0.39 is 9.84 Å². The Labute approximate surface area is 139 Å². The molecular weight excluding hydrogens is 310 g/mol. The Kier molecular flexibility index (Phi) is 5.99. The summed E-state index contributed by atoms with van der Waals surface area (Å²) in [7, 11) is -2.99. The van der Waals surface area contributed by atoms with E-state index in [1.165, 1.54) is 0 Å². The van der Waals surface area contributed by atoms with Gasteiger partial charge in [-0.2, -0.15) is 0 Å². The van der Waals surface area contributed by atoms with Crippen LogP contribution in [0, 0.1) is 6.92 Å². The first-order valence-electron chi connectivity index (χ1n) is 8.17. The maximum atomic E-state index is 12.5. The Bertz CT molecular complexity index is 679. The van der Waals surface area contributed by atoms with Gasteiger partial charge in [-0.15, -0.1) is 0 Å². The largest absolute Gasteiger partial charge is 0.335 e. The van der Waals surface area contributed by atoms with Crippen LogP contribution in [-0.4, -0.2) is 43.3 Å². The fraction of sp³-hybridized carbons (Fsp3) is 0.500. The number of hydrogen-bond donors (Lipinski definition) is 0. The maximum absolute atomic E-state index is 12.5. The van der Waals surface area contributed by atoms with Crippen LogP contribution in [0.2, 0.25) is 0 Å². The molecular formula is C18H25NO3S. The minimum Gasteiger partial charge on any atom is -0.335 e. The third kappa shape index (κ3) is 5.20. The van der Waals surface area contributed by atoms with Crippen LogP contribution in [0.1, 0.15) is 37.3 Å². The van der Waals surface area contributed by atoms with Crippen molar-refractivity contribution in [1.29, 1.82) is 0 Å². The first-order chi connectivity index (χ1) is 10.9. The zero-order valence-corrected chi connectivity index (χ0v) is 14.7. The number of aryl methyl sites for hydroxylation is 1. The molecule has 126 valence electrons. The average molecular weight is 335 g/mol. The second-order valence-corrected chi connectivity index (χ2v) is 8.42. The summed E-state index contributed by atoms with van der Waals surface area (Å²) in [6, 6.07) is 7.75. The van der Waals surface area contributed by atoms with Crippen LogP contribution in [0.3, 0.4) is 0 Å². The highest BCUT2D eigenvalue weighted by Gasteiger charge is 2.33. The summed E-state index contributed by atoms with van der Waals surface area (Å²) in [6.45, 7) is 4.69. The maximum Gasteiger partial charge on any atom is 0.246 e. The number of amides is 1. The molecule has 1 aliphatic rings. The fourth-order valence-corrected chi connectivity index (χ4v) is 4.59. The van der Waals surface area contributed by atoms with Crippen molar-refractivity contribution in [2.75, 3.05) is 18.1 Å². The first kappa shape index (κ1) is 17.7. The van der Waals surface area contributed by atoms with Gasteiger partial charge < -0.3 is 4.90 Å². The van der Waals surface area contributed by atoms with Gasteiger partial charge >= 0.3 is 0 Å². The Morgan fingerprint density at radius 2 is 2.17 bits per heavy atom. The van der Waals surface area contributed by atoms with Crippen molar-refractivity contribution >= 4 is 21.8 Å². The molecule has 1 saturated heterocycles. The SMILES string of the molecule is CCCCN(C(=O)/C=C/c1cccc(C)c1)C1CCS(=O)(=O)C1. The number of nitrogens with zero attached hydrogens (tertiary/aromatic N) is 1. The Hall–Kier alpha value is -1.62. The molecule has 1 unspecified atom stereocenters. The van der Waals surface area contributed by atoms with Crippen LogP contribution < -0.4 is 0 Å². The summed E-state index contributed by atoms with van der Waals surface area (Å²) in [5.74, 6) is 0.192. The molecule has 0 bridgehead atoms. The first-order valence-corrected chi connectivity index (χ1v) is 9.99. The summed E-state index contributed by atoms with van der Waals surface area (Å²) < 4.78 is 23.4. The lowest BCUT2D eigenvalue weighted by Crippen LogP contribution is -2.40. The van der Waals surface area contributed by atoms with Crippen LogP contribution in [0.15, 0.2) is 30.3 Å². The number of sulfone groups is 1. The standard InChI is InChI=1S/C18H25NO3S/c1-3-4-11-19(17-10-12-23(21,22)14-17)18(20)9-8-16-7-5-6-15(2)13-16/h5-9,13,17H,3-4,10-12,14H2,1-2H3/b9-8+. The van der Waals surface area contributed by atoms with Crippen LogP contribution >= 0.6 is 0 Å². The molecule has 0 N–H and O–H groups in total. The van der Waals surface area contributed by atoms with E-state index in [-0.39, 0.29) is 23.5 Å². The molecule has 0 saturated carbocycles. The lowest BCUT2D eigenvalue weighted by atomic mass is 10.1. The summed E-state index contributed by atoms with van der Waals surface area (Å²) in [5, 5.41) is 0. The van der Waals surface area contributed by atoms with Gasteiger partial charge in [0.15, 0.2) is 9.84 Å². The summed E-state index contributed by atoms with van der Waals surface area (Å²) >= 11 is 0. The Morgan fingerprint density at radius 3 is 2.78 bits per heavy atom. The molecule has 1 heterocycles. The highest BCUT2D eigenvalue weighted by atomic mass is 32.2. The van der Waals surface area contributed by atoms with Crippen LogP contribution in [0.4, 0.5) is 0 Å². The summed E-state index contributed by atoms with van der Waals surface area (Å²) in [5.41, 5.74) is 2.12. The minimum atomic E-state index is -2.99. The quantitative estimate of drug-likeness (QED) is 0.751. The van der Waals surface area contributed by atoms with Gasteiger partial charge in [-0.1, -0.05) is 43.2 Å². The normalized spacial score (nSPS) is 20.0. The molecule has 0 radical (unpaired) electrons. The van der Waals surface area contributed by atoms with Crippen LogP contribution in [0.25, 0.3) is 6.08 Å². The van der Waals surface area contributed by atoms with Crippen molar-refractivity contribution in [2.24, 2.45) is 0 Å². The average Bonchev–Trinajstić information content (AvgIpc) is 2.85. The predicted octanol–water partition coefficient (Wildman–Crippen LogP) is 2.82. The molecule has 1 aliphatic heterocycles. The van der Waals surface area contributed by atoms with Gasteiger partial charge in [0.05, 0.1) is 11.5 Å². The number of carbonyl (C=O) groups is 1. The van der Waals surface area contributed by atoms with E-state index >= 15 is 0 Å². The molecule has 5 heteroatoms. The van der Waals surface area contributed by atoms with Gasteiger partial charge in [0.1, 0.15) is 0 Å². The zero-order valence-electron chi connectivity index (χ0n) is 13.9. The van der Waals surface area contributed by atoms with Crippen molar-refractivity contribution in [3.05, 3.63) is 41.5 Å². The van der Waals surface area contributed by atoms with Gasteiger partial charge in [-0.25, -0.2) is 8.42 Å². The molecule has 2 rings (SSSR count). The van der Waals surface area contributed by atoms with E-state index in [4.69, 9.17) is 0 Å². The van der Waals surface area contributed by atoms with E-state index in [1.807, 2.05) is 31.2 Å². The van der Waals surface area contributed by atoms with E-state index in [0.717, 1.165) is 24.0 Å². The second-order valence-electron chi connectivity index (χ2n) is 6.19. The third-order valence-corrected chi connectivity index (χ3v) is 5.90. The monoisotopic (exact) mass is 335 g/mol. The lowest BCUT2D eigenvalue weighted by molar-refractivity contribution is -0.127. The molecule has 1 aromatic carbocycles. The summed E-state index contributed by atoms with van der Waals surface area (Å²) in [6.07, 6.45) is 5.79. The van der Waals surface area contributed by atoms with Gasteiger partial charge in [-0.3, -0.25) is 4.79 Å². The van der Waals surface area contributed by atoms with Crippen molar-refractivity contribution < 1.29 is 13.2 Å². The molecule has 0 aliphatic carbocycles. The Balaban J connectivity index is 2.10. The number of hydrogen-bond acceptors (Lipinski definition) is 3. The van der Waals surface area contributed by atoms with Gasteiger partial charge in [0.25, 0.3) is 0 Å². The smallest absolute Gasteiger partial charge is 0.246 e. The molecule has 0 spiro atoms. The molecule has 23 heavy (non-hydrogen) atoms. The van der Waals surface area contributed by atoms with E-state index in [1.54, 1.807) is 17.1 Å². The van der Waals surface area contributed by atoms with E-state index in [0.29, 0.717) is 13.0 Å². The van der Waals surface area contributed by atoms with Crippen molar-refractivity contribution in [3.63, 3.8) is 0 Å². The summed E-state index contributed by atoms with van der Waals surface area (Å²) in [4.78, 5) is 14.3. The van der Waals surface area contributed by atoms with Gasteiger partial charge in [0, 0.05) is 18.7 Å². The molecule has 1 amide bonds. The molecule has 1 fully saturated rings. The molecule has 1 atom stereocenters. The Morgan fingerprint density at radius 1 is 1.39 bits per heavy atom. The second kappa shape index (κ2) is 7.77. The topological polar surface area (TPSA) is 54.5 Å². The van der Waals surface area contributed by atoms with Crippen molar-refractivity contribution in [1.82, 2.24) is 4.90 Å². The van der Waals surface area contributed by atoms with E-state index in [9.17, 15) is 13.2 Å². The van der Waals surface area contributed by atoms with Crippen LogP contribution in [-0.2, 0) is 14.6 Å². The number of benzene rings is 1. The predicted molar refractivity (Wildman–Crippen MR) is 93.9 cm³/mol. The number of carbonyl (C=O) groups excluding carboxylic acids is 1. The third-order valence-electron chi connectivity index (χ3n) is 4.15. The van der Waals surface area contributed by atoms with Gasteiger partial charge in [-0.05, 0) is 31.4 Å². The molecule has 4 nitrogen and oxygen atoms in total. The highest BCUT2D eigenvalue weighted by molar-refractivity contribution is 7.91. The number of rotatable bonds is 6.